The molecule has 0 saturated carbocycles. The third kappa shape index (κ3) is 7.15. The molecule has 0 saturated heterocycles. The number of hydrogen-bond donors (Lipinski definition) is 0. The average molecular weight is 407 g/mol. The second-order valence-corrected chi connectivity index (χ2v) is 6.18. The summed E-state index contributed by atoms with van der Waals surface area (Å²) < 4.78 is 50.7. The van der Waals surface area contributed by atoms with Gasteiger partial charge in [-0.3, -0.25) is 0 Å². The van der Waals surface area contributed by atoms with E-state index in [1.54, 1.807) is 7.11 Å². The Hall–Kier alpha value is -2.68. The maximum absolute atomic E-state index is 8.49. The van der Waals surface area contributed by atoms with Gasteiger partial charge in [0, 0.05) is 12.1 Å². The fourth-order valence-corrected chi connectivity index (χ4v) is 2.36. The minimum Gasteiger partial charge on any atom is -0.497 e. The van der Waals surface area contributed by atoms with Gasteiger partial charge in [-0.25, -0.2) is 23.1 Å². The second-order valence-electron chi connectivity index (χ2n) is 5.42. The molecule has 3 aromatic rings. The molecule has 0 aliphatic carbocycles. The molecule has 0 amide bonds. The van der Waals surface area contributed by atoms with Crippen molar-refractivity contribution in [1.82, 2.24) is 0 Å². The molecule has 0 aliphatic rings. The summed E-state index contributed by atoms with van der Waals surface area (Å²) in [6.45, 7) is 2.64. The van der Waals surface area contributed by atoms with Crippen LogP contribution in [-0.4, -0.2) is 13.7 Å². The van der Waals surface area contributed by atoms with Crippen LogP contribution in [0.25, 0.3) is 22.6 Å². The predicted molar refractivity (Wildman–Crippen MR) is 91.7 cm³/mol. The Morgan fingerprint density at radius 3 is 1.57 bits per heavy atom. The van der Waals surface area contributed by atoms with Crippen LogP contribution in [0.5, 0.6) is 11.5 Å². The van der Waals surface area contributed by atoms with Crippen LogP contribution in [0, 0.1) is 10.2 Å². The normalized spacial score (nSPS) is 10.6. The summed E-state index contributed by atoms with van der Waals surface area (Å²) in [5, 5.41) is 0. The molecule has 2 aromatic carbocycles. The fraction of sp³-hybridized carbons (Fsp3) is 0.150. The van der Waals surface area contributed by atoms with Crippen LogP contribution in [-0.2, 0) is 0 Å². The Morgan fingerprint density at radius 1 is 0.750 bits per heavy atom. The minimum atomic E-state index is -4.94. The number of benzene rings is 2. The summed E-state index contributed by atoms with van der Waals surface area (Å²) in [5.74, 6) is 3.33. The van der Waals surface area contributed by atoms with E-state index in [0.717, 1.165) is 34.1 Å². The minimum absolute atomic E-state index is 0.663. The lowest BCUT2D eigenvalue weighted by Crippen LogP contribution is -2.68. The molecule has 3 rings (SSSR count). The average Bonchev–Trinajstić information content (AvgIpc) is 2.68. The van der Waals surface area contributed by atoms with E-state index in [9.17, 15) is 0 Å². The van der Waals surface area contributed by atoms with Crippen molar-refractivity contribution in [2.24, 2.45) is 0 Å². The Balaban J connectivity index is 0.000000500. The number of hydrogen-bond acceptors (Lipinski definition) is 6. The highest BCUT2D eigenvalue weighted by Gasteiger charge is 2.16. The van der Waals surface area contributed by atoms with E-state index in [4.69, 9.17) is 32.5 Å². The zero-order valence-corrected chi connectivity index (χ0v) is 16.0. The number of methoxy groups -OCH3 is 1. The lowest BCUT2D eigenvalue weighted by molar-refractivity contribution is -2.00. The lowest BCUT2D eigenvalue weighted by atomic mass is 10.1. The topological polar surface area (TPSA) is 122 Å². The molecule has 1 heterocycles. The van der Waals surface area contributed by atoms with Gasteiger partial charge < -0.3 is 9.47 Å². The van der Waals surface area contributed by atoms with Gasteiger partial charge >= 0.3 is 11.5 Å². The molecule has 0 N–H and O–H groups in total. The monoisotopic (exact) mass is 406 g/mol. The van der Waals surface area contributed by atoms with Crippen LogP contribution in [0.1, 0.15) is 6.92 Å². The molecular weight excluding hydrogens is 388 g/mol. The van der Waals surface area contributed by atoms with Gasteiger partial charge in [0.15, 0.2) is 0 Å². The molecule has 28 heavy (non-hydrogen) atoms. The van der Waals surface area contributed by atoms with Gasteiger partial charge in [-0.2, -0.15) is 0 Å². The molecule has 8 heteroatoms. The van der Waals surface area contributed by atoms with Crippen molar-refractivity contribution in [3.8, 4) is 34.1 Å². The van der Waals surface area contributed by atoms with E-state index in [2.05, 4.69) is 0 Å². The maximum atomic E-state index is 8.49. The largest absolute Gasteiger partial charge is 0.497 e. The summed E-state index contributed by atoms with van der Waals surface area (Å²) in [7, 11) is -3.29. The van der Waals surface area contributed by atoms with Crippen molar-refractivity contribution in [3.63, 3.8) is 0 Å². The molecule has 1 aromatic heterocycles. The SMILES string of the molecule is CCOc1ccc(-c2cccc(-c3ccc(OC)cc3)[o+]2)cc1.[O-][Cl+3]([O-])([O-])[O-]. The Morgan fingerprint density at radius 2 is 1.18 bits per heavy atom. The summed E-state index contributed by atoms with van der Waals surface area (Å²) >= 11 is 0. The van der Waals surface area contributed by atoms with Crippen LogP contribution in [0.3, 0.4) is 0 Å². The highest BCUT2D eigenvalue weighted by Crippen LogP contribution is 2.28. The molecule has 0 bridgehead atoms. The van der Waals surface area contributed by atoms with E-state index in [1.165, 1.54) is 0 Å². The van der Waals surface area contributed by atoms with Gasteiger partial charge in [0.25, 0.3) is 0 Å². The van der Waals surface area contributed by atoms with Crippen molar-refractivity contribution >= 4 is 0 Å². The first-order valence-corrected chi connectivity index (χ1v) is 9.46. The van der Waals surface area contributed by atoms with E-state index in [-0.39, 0.29) is 0 Å². The molecule has 0 atom stereocenters. The Kier molecular flexibility index (Phi) is 7.74. The smallest absolute Gasteiger partial charge is 0.360 e. The van der Waals surface area contributed by atoms with Gasteiger partial charge in [0.05, 0.1) is 24.8 Å². The summed E-state index contributed by atoms with van der Waals surface area (Å²) in [6, 6.07) is 21.6. The predicted octanol–water partition coefficient (Wildman–Crippen LogP) is 0.546. The zero-order valence-electron chi connectivity index (χ0n) is 15.3. The molecule has 0 spiro atoms. The zero-order chi connectivity index (χ0) is 20.6. The Bertz CT molecular complexity index is 853. The van der Waals surface area contributed by atoms with E-state index >= 15 is 0 Å². The van der Waals surface area contributed by atoms with Gasteiger partial charge in [0.1, 0.15) is 11.5 Å². The number of halogens is 1. The number of rotatable bonds is 5. The van der Waals surface area contributed by atoms with Crippen molar-refractivity contribution in [2.45, 2.75) is 6.92 Å². The second kappa shape index (κ2) is 10.0. The summed E-state index contributed by atoms with van der Waals surface area (Å²) in [6.07, 6.45) is 0. The molecule has 0 unspecified atom stereocenters. The van der Waals surface area contributed by atoms with Gasteiger partial charge in [-0.15, -0.1) is 10.2 Å². The van der Waals surface area contributed by atoms with Crippen molar-refractivity contribution in [3.05, 3.63) is 66.7 Å². The fourth-order valence-electron chi connectivity index (χ4n) is 2.36. The summed E-state index contributed by atoms with van der Waals surface area (Å²) in [5.41, 5.74) is 2.03. The highest BCUT2D eigenvalue weighted by atomic mass is 35.7. The van der Waals surface area contributed by atoms with Gasteiger partial charge in [-0.05, 0) is 61.5 Å². The van der Waals surface area contributed by atoms with Gasteiger partial charge in [-0.1, -0.05) is 0 Å². The van der Waals surface area contributed by atoms with Crippen LogP contribution >= 0.6 is 0 Å². The van der Waals surface area contributed by atoms with Gasteiger partial charge in [0.2, 0.25) is 0 Å². The van der Waals surface area contributed by atoms with E-state index in [1.807, 2.05) is 73.7 Å². The first-order chi connectivity index (χ1) is 13.3. The first-order valence-electron chi connectivity index (χ1n) is 8.22. The van der Waals surface area contributed by atoms with Crippen molar-refractivity contribution in [2.75, 3.05) is 13.7 Å². The highest BCUT2D eigenvalue weighted by molar-refractivity contribution is 5.63. The standard InChI is InChI=1S/C20H19O3.ClHO4/c1-3-22-18-13-9-16(10-14-18)20-6-4-5-19(23-20)15-7-11-17(21-2)12-8-15;2-1(3,4)5/h4-14H,3H2,1-2H3;(H,2,3,4,5)/q+1;/p-1. The maximum Gasteiger partial charge on any atom is 0.360 e. The van der Waals surface area contributed by atoms with Crippen LogP contribution in [0.4, 0.5) is 0 Å². The quantitative estimate of drug-likeness (QED) is 0.567. The van der Waals surface area contributed by atoms with Crippen LogP contribution in [0.2, 0.25) is 0 Å². The van der Waals surface area contributed by atoms with E-state index in [0.29, 0.717) is 6.61 Å². The van der Waals surface area contributed by atoms with Crippen molar-refractivity contribution in [1.29, 1.82) is 0 Å². The lowest BCUT2D eigenvalue weighted by Gasteiger charge is -2.17. The van der Waals surface area contributed by atoms with E-state index < -0.39 is 10.2 Å². The first kappa shape index (κ1) is 21.6. The molecule has 0 fully saturated rings. The third-order valence-electron chi connectivity index (χ3n) is 3.54. The van der Waals surface area contributed by atoms with Crippen LogP contribution in [0.15, 0.2) is 71.1 Å². The molecule has 0 aliphatic heterocycles. The molecule has 148 valence electrons. The molecule has 0 radical (unpaired) electrons. The van der Waals surface area contributed by atoms with Crippen LogP contribution < -0.4 is 28.1 Å². The Labute approximate surface area is 164 Å². The number of ether oxygens (including phenoxy) is 2. The summed E-state index contributed by atoms with van der Waals surface area (Å²) in [4.78, 5) is 0. The molecular formula is C20H19ClO7. The van der Waals surface area contributed by atoms with Crippen molar-refractivity contribution < 1.29 is 42.8 Å². The third-order valence-corrected chi connectivity index (χ3v) is 3.54. The molecule has 7 nitrogen and oxygen atoms in total.